The number of rotatable bonds is 3. The third-order valence-electron chi connectivity index (χ3n) is 2.83. The highest BCUT2D eigenvalue weighted by Gasteiger charge is 2.15. The fourth-order valence-corrected chi connectivity index (χ4v) is 1.83. The summed E-state index contributed by atoms with van der Waals surface area (Å²) in [6.07, 6.45) is 1.45. The summed E-state index contributed by atoms with van der Waals surface area (Å²) in [5, 5.41) is 8.92. The molecule has 20 heavy (non-hydrogen) atoms. The standard InChI is InChI=1S/C14H13N5O/c1-19(11-4-2-3-9(5-11)7-15)14-12(13(17)20)6-10(16)8-18-14/h2-6,8H,16H2,1H3,(H2,17,20). The summed E-state index contributed by atoms with van der Waals surface area (Å²) in [4.78, 5) is 17.3. The predicted molar refractivity (Wildman–Crippen MR) is 76.4 cm³/mol. The molecule has 0 saturated carbocycles. The Hall–Kier alpha value is -3.07. The van der Waals surface area contributed by atoms with Crippen LogP contribution in [0.5, 0.6) is 0 Å². The Morgan fingerprint density at radius 2 is 2.15 bits per heavy atom. The highest BCUT2D eigenvalue weighted by Crippen LogP contribution is 2.26. The van der Waals surface area contributed by atoms with Gasteiger partial charge in [-0.15, -0.1) is 0 Å². The molecule has 0 aliphatic heterocycles. The first-order valence-corrected chi connectivity index (χ1v) is 5.82. The van der Waals surface area contributed by atoms with Crippen molar-refractivity contribution in [3.8, 4) is 6.07 Å². The quantitative estimate of drug-likeness (QED) is 0.873. The van der Waals surface area contributed by atoms with E-state index >= 15 is 0 Å². The number of primary amides is 1. The van der Waals surface area contributed by atoms with Crippen molar-refractivity contribution >= 4 is 23.1 Å². The number of nitrogen functional groups attached to an aromatic ring is 1. The lowest BCUT2D eigenvalue weighted by Crippen LogP contribution is -2.20. The van der Waals surface area contributed by atoms with Crippen molar-refractivity contribution in [2.45, 2.75) is 0 Å². The Morgan fingerprint density at radius 3 is 2.80 bits per heavy atom. The number of nitrogens with two attached hydrogens (primary N) is 2. The number of nitriles is 1. The van der Waals surface area contributed by atoms with E-state index in [4.69, 9.17) is 16.7 Å². The van der Waals surface area contributed by atoms with Gasteiger partial charge in [0.2, 0.25) is 0 Å². The molecule has 0 bridgehead atoms. The van der Waals surface area contributed by atoms with Crippen LogP contribution >= 0.6 is 0 Å². The van der Waals surface area contributed by atoms with Crippen LogP contribution in [0.3, 0.4) is 0 Å². The van der Waals surface area contributed by atoms with Crippen LogP contribution in [0.1, 0.15) is 15.9 Å². The van der Waals surface area contributed by atoms with Gasteiger partial charge in [0.15, 0.2) is 0 Å². The number of benzene rings is 1. The smallest absolute Gasteiger partial charge is 0.252 e. The van der Waals surface area contributed by atoms with E-state index in [9.17, 15) is 4.79 Å². The second-order valence-electron chi connectivity index (χ2n) is 4.23. The van der Waals surface area contributed by atoms with Gasteiger partial charge in [-0.25, -0.2) is 4.98 Å². The lowest BCUT2D eigenvalue weighted by molar-refractivity contribution is 0.100. The molecule has 1 aromatic carbocycles. The van der Waals surface area contributed by atoms with Gasteiger partial charge in [-0.3, -0.25) is 4.79 Å². The third kappa shape index (κ3) is 2.52. The van der Waals surface area contributed by atoms with Crippen LogP contribution in [0.4, 0.5) is 17.2 Å². The number of amides is 1. The fourth-order valence-electron chi connectivity index (χ4n) is 1.83. The molecule has 4 N–H and O–H groups in total. The zero-order chi connectivity index (χ0) is 14.7. The highest BCUT2D eigenvalue weighted by atomic mass is 16.1. The van der Waals surface area contributed by atoms with Crippen LogP contribution in [-0.2, 0) is 0 Å². The maximum absolute atomic E-state index is 11.5. The van der Waals surface area contributed by atoms with Crippen molar-refractivity contribution in [3.63, 3.8) is 0 Å². The SMILES string of the molecule is CN(c1cccc(C#N)c1)c1ncc(N)cc1C(N)=O. The van der Waals surface area contributed by atoms with Gasteiger partial charge >= 0.3 is 0 Å². The van der Waals surface area contributed by atoms with E-state index in [1.165, 1.54) is 12.3 Å². The minimum Gasteiger partial charge on any atom is -0.397 e. The van der Waals surface area contributed by atoms with Crippen molar-refractivity contribution in [1.82, 2.24) is 4.98 Å². The van der Waals surface area contributed by atoms with Crippen molar-refractivity contribution in [2.24, 2.45) is 5.73 Å². The van der Waals surface area contributed by atoms with Crippen LogP contribution in [0.2, 0.25) is 0 Å². The number of hydrogen-bond acceptors (Lipinski definition) is 5. The summed E-state index contributed by atoms with van der Waals surface area (Å²) in [5.74, 6) is -0.218. The van der Waals surface area contributed by atoms with Gasteiger partial charge in [-0.05, 0) is 24.3 Å². The van der Waals surface area contributed by atoms with Gasteiger partial charge in [0.1, 0.15) is 5.82 Å². The molecule has 0 spiro atoms. The summed E-state index contributed by atoms with van der Waals surface area (Å²) in [5.41, 5.74) is 12.8. The zero-order valence-electron chi connectivity index (χ0n) is 10.9. The monoisotopic (exact) mass is 267 g/mol. The molecule has 2 rings (SSSR count). The number of hydrogen-bond donors (Lipinski definition) is 2. The Labute approximate surface area is 116 Å². The van der Waals surface area contributed by atoms with E-state index < -0.39 is 5.91 Å². The van der Waals surface area contributed by atoms with Crippen molar-refractivity contribution in [2.75, 3.05) is 17.7 Å². The molecule has 2 aromatic rings. The van der Waals surface area contributed by atoms with Crippen LogP contribution in [-0.4, -0.2) is 17.9 Å². The molecule has 100 valence electrons. The van der Waals surface area contributed by atoms with Crippen molar-refractivity contribution in [1.29, 1.82) is 5.26 Å². The maximum Gasteiger partial charge on any atom is 0.252 e. The van der Waals surface area contributed by atoms with E-state index in [0.29, 0.717) is 17.1 Å². The Morgan fingerprint density at radius 1 is 1.40 bits per heavy atom. The van der Waals surface area contributed by atoms with E-state index in [0.717, 1.165) is 5.69 Å². The minimum absolute atomic E-state index is 0.231. The number of nitrogens with zero attached hydrogens (tertiary/aromatic N) is 3. The first kappa shape index (κ1) is 13.4. The highest BCUT2D eigenvalue weighted by molar-refractivity contribution is 5.99. The predicted octanol–water partition coefficient (Wildman–Crippen LogP) is 1.40. The molecule has 6 heteroatoms. The van der Waals surface area contributed by atoms with Gasteiger partial charge in [0.25, 0.3) is 5.91 Å². The molecule has 0 saturated heterocycles. The number of aromatic nitrogens is 1. The lowest BCUT2D eigenvalue weighted by atomic mass is 10.1. The minimum atomic E-state index is -0.608. The van der Waals surface area contributed by atoms with E-state index in [1.54, 1.807) is 30.1 Å². The molecule has 0 radical (unpaired) electrons. The van der Waals surface area contributed by atoms with Gasteiger partial charge in [0.05, 0.1) is 29.1 Å². The molecule has 6 nitrogen and oxygen atoms in total. The largest absolute Gasteiger partial charge is 0.397 e. The number of anilines is 3. The van der Waals surface area contributed by atoms with E-state index in [2.05, 4.69) is 11.1 Å². The molecule has 0 aliphatic carbocycles. The first-order chi connectivity index (χ1) is 9.52. The van der Waals surface area contributed by atoms with Crippen LogP contribution in [0.15, 0.2) is 36.5 Å². The summed E-state index contributed by atoms with van der Waals surface area (Å²) in [6.45, 7) is 0. The van der Waals surface area contributed by atoms with E-state index in [-0.39, 0.29) is 5.56 Å². The normalized spacial score (nSPS) is 9.80. The van der Waals surface area contributed by atoms with Gasteiger partial charge in [-0.1, -0.05) is 6.07 Å². The fraction of sp³-hybridized carbons (Fsp3) is 0.0714. The molecular formula is C14H13N5O. The molecule has 1 heterocycles. The summed E-state index contributed by atoms with van der Waals surface area (Å²) >= 11 is 0. The summed E-state index contributed by atoms with van der Waals surface area (Å²) in [7, 11) is 1.74. The second kappa shape index (κ2) is 5.28. The van der Waals surface area contributed by atoms with Gasteiger partial charge in [0, 0.05) is 12.7 Å². The first-order valence-electron chi connectivity index (χ1n) is 5.82. The number of pyridine rings is 1. The molecule has 0 aliphatic rings. The summed E-state index contributed by atoms with van der Waals surface area (Å²) < 4.78 is 0. The molecule has 0 unspecified atom stereocenters. The van der Waals surface area contributed by atoms with Crippen LogP contribution in [0.25, 0.3) is 0 Å². The lowest BCUT2D eigenvalue weighted by Gasteiger charge is -2.20. The molecule has 0 fully saturated rings. The Bertz CT molecular complexity index is 705. The molecular weight excluding hydrogens is 254 g/mol. The van der Waals surface area contributed by atoms with Gasteiger partial charge in [-0.2, -0.15) is 5.26 Å². The number of carbonyl (C=O) groups excluding carboxylic acids is 1. The Balaban J connectivity index is 2.50. The summed E-state index contributed by atoms with van der Waals surface area (Å²) in [6, 6.07) is 10.5. The van der Waals surface area contributed by atoms with Crippen molar-refractivity contribution < 1.29 is 4.79 Å². The topological polar surface area (TPSA) is 109 Å². The second-order valence-corrected chi connectivity index (χ2v) is 4.23. The van der Waals surface area contributed by atoms with Crippen LogP contribution < -0.4 is 16.4 Å². The van der Waals surface area contributed by atoms with Gasteiger partial charge < -0.3 is 16.4 Å². The molecule has 1 amide bonds. The third-order valence-corrected chi connectivity index (χ3v) is 2.83. The molecule has 0 atom stereocenters. The van der Waals surface area contributed by atoms with E-state index in [1.807, 2.05) is 6.07 Å². The average molecular weight is 267 g/mol. The zero-order valence-corrected chi connectivity index (χ0v) is 10.9. The maximum atomic E-state index is 11.5. The number of carbonyl (C=O) groups is 1. The van der Waals surface area contributed by atoms with Crippen molar-refractivity contribution in [3.05, 3.63) is 47.7 Å². The average Bonchev–Trinajstić information content (AvgIpc) is 2.46. The van der Waals surface area contributed by atoms with Crippen LogP contribution in [0, 0.1) is 11.3 Å². The molecule has 1 aromatic heterocycles. The Kier molecular flexibility index (Phi) is 3.53.